The Hall–Kier alpha value is -2.24. The zero-order valence-corrected chi connectivity index (χ0v) is 13.2. The average molecular weight is 317 g/mol. The normalized spacial score (nSPS) is 18.2. The molecule has 0 radical (unpaired) electrons. The molecule has 1 aromatic carbocycles. The van der Waals surface area contributed by atoms with Gasteiger partial charge in [-0.05, 0) is 43.5 Å². The highest BCUT2D eigenvalue weighted by atomic mass is 19.1. The van der Waals surface area contributed by atoms with Crippen LogP contribution in [0.1, 0.15) is 44.4 Å². The Morgan fingerprint density at radius 1 is 1.35 bits per heavy atom. The number of nitrogens with zero attached hydrogens (tertiary/aromatic N) is 3. The highest BCUT2D eigenvalue weighted by molar-refractivity contribution is 5.76. The van der Waals surface area contributed by atoms with Crippen LogP contribution >= 0.6 is 0 Å². The molecule has 0 aliphatic carbocycles. The van der Waals surface area contributed by atoms with Crippen LogP contribution < -0.4 is 0 Å². The van der Waals surface area contributed by atoms with Crippen LogP contribution in [0.2, 0.25) is 0 Å². The third-order valence-electron chi connectivity index (χ3n) is 4.12. The fourth-order valence-electron chi connectivity index (χ4n) is 2.89. The maximum atomic E-state index is 13.0. The molecule has 0 saturated carbocycles. The van der Waals surface area contributed by atoms with Gasteiger partial charge in [0.25, 0.3) is 0 Å². The number of amides is 1. The second kappa shape index (κ2) is 6.89. The van der Waals surface area contributed by atoms with Crippen molar-refractivity contribution in [2.75, 3.05) is 13.1 Å². The molecular formula is C17H20FN3O2. The third kappa shape index (κ3) is 3.57. The SMILES string of the molecule is CCCC(=O)N1CCCC(c2nnc(-c3ccc(F)cc3)o2)C1. The summed E-state index contributed by atoms with van der Waals surface area (Å²) in [5.41, 5.74) is 0.694. The Balaban J connectivity index is 1.72. The van der Waals surface area contributed by atoms with Gasteiger partial charge in [0, 0.05) is 25.1 Å². The van der Waals surface area contributed by atoms with Gasteiger partial charge in [-0.2, -0.15) is 0 Å². The van der Waals surface area contributed by atoms with E-state index in [1.807, 2.05) is 11.8 Å². The standard InChI is InChI=1S/C17H20FN3O2/c1-2-4-15(22)21-10-3-5-13(11-21)17-20-19-16(23-17)12-6-8-14(18)9-7-12/h6-9,13H,2-5,10-11H2,1H3. The molecule has 23 heavy (non-hydrogen) atoms. The van der Waals surface area contributed by atoms with E-state index in [4.69, 9.17) is 4.42 Å². The molecule has 3 rings (SSSR count). The Kier molecular flexibility index (Phi) is 4.69. The number of benzene rings is 1. The summed E-state index contributed by atoms with van der Waals surface area (Å²) in [5, 5.41) is 8.19. The molecular weight excluding hydrogens is 297 g/mol. The van der Waals surface area contributed by atoms with Gasteiger partial charge in [0.15, 0.2) is 0 Å². The number of likely N-dealkylation sites (tertiary alicyclic amines) is 1. The zero-order chi connectivity index (χ0) is 16.2. The van der Waals surface area contributed by atoms with E-state index in [0.29, 0.717) is 30.3 Å². The van der Waals surface area contributed by atoms with Gasteiger partial charge < -0.3 is 9.32 Å². The van der Waals surface area contributed by atoms with Crippen molar-refractivity contribution >= 4 is 5.91 Å². The van der Waals surface area contributed by atoms with E-state index in [9.17, 15) is 9.18 Å². The van der Waals surface area contributed by atoms with Crippen LogP contribution in [0.5, 0.6) is 0 Å². The summed E-state index contributed by atoms with van der Waals surface area (Å²) in [4.78, 5) is 13.9. The highest BCUT2D eigenvalue weighted by Gasteiger charge is 2.28. The van der Waals surface area contributed by atoms with Crippen molar-refractivity contribution in [3.63, 3.8) is 0 Å². The van der Waals surface area contributed by atoms with Crippen molar-refractivity contribution in [3.05, 3.63) is 36.0 Å². The Bertz CT molecular complexity index is 669. The minimum atomic E-state index is -0.300. The molecule has 1 saturated heterocycles. The van der Waals surface area contributed by atoms with Crippen LogP contribution in [0.15, 0.2) is 28.7 Å². The molecule has 0 N–H and O–H groups in total. The number of rotatable bonds is 4. The zero-order valence-electron chi connectivity index (χ0n) is 13.2. The van der Waals surface area contributed by atoms with Crippen molar-refractivity contribution in [1.82, 2.24) is 15.1 Å². The van der Waals surface area contributed by atoms with Crippen molar-refractivity contribution in [2.45, 2.75) is 38.5 Å². The molecule has 1 atom stereocenters. The van der Waals surface area contributed by atoms with E-state index in [-0.39, 0.29) is 17.6 Å². The van der Waals surface area contributed by atoms with Gasteiger partial charge in [0.05, 0.1) is 5.92 Å². The molecule has 2 heterocycles. The monoisotopic (exact) mass is 317 g/mol. The molecule has 6 heteroatoms. The van der Waals surface area contributed by atoms with E-state index in [2.05, 4.69) is 10.2 Å². The number of halogens is 1. The number of hydrogen-bond donors (Lipinski definition) is 0. The van der Waals surface area contributed by atoms with Gasteiger partial charge in [-0.25, -0.2) is 4.39 Å². The van der Waals surface area contributed by atoms with Crippen LogP contribution in [-0.4, -0.2) is 34.1 Å². The van der Waals surface area contributed by atoms with E-state index in [1.165, 1.54) is 12.1 Å². The summed E-state index contributed by atoms with van der Waals surface area (Å²) in [6.45, 7) is 3.43. The minimum Gasteiger partial charge on any atom is -0.420 e. The van der Waals surface area contributed by atoms with Crippen molar-refractivity contribution in [1.29, 1.82) is 0 Å². The maximum Gasteiger partial charge on any atom is 0.247 e. The smallest absolute Gasteiger partial charge is 0.247 e. The maximum absolute atomic E-state index is 13.0. The van der Waals surface area contributed by atoms with E-state index in [1.54, 1.807) is 12.1 Å². The minimum absolute atomic E-state index is 0.0752. The number of piperidine rings is 1. The van der Waals surface area contributed by atoms with Gasteiger partial charge in [-0.15, -0.1) is 10.2 Å². The fraction of sp³-hybridized carbons (Fsp3) is 0.471. The molecule has 2 aromatic rings. The molecule has 1 aliphatic rings. The van der Waals surface area contributed by atoms with Crippen LogP contribution in [0.4, 0.5) is 4.39 Å². The third-order valence-corrected chi connectivity index (χ3v) is 4.12. The summed E-state index contributed by atoms with van der Waals surface area (Å²) in [7, 11) is 0. The summed E-state index contributed by atoms with van der Waals surface area (Å²) >= 11 is 0. The van der Waals surface area contributed by atoms with Gasteiger partial charge in [-0.1, -0.05) is 6.92 Å². The number of carbonyl (C=O) groups is 1. The first-order valence-electron chi connectivity index (χ1n) is 8.04. The molecule has 122 valence electrons. The molecule has 0 spiro atoms. The second-order valence-corrected chi connectivity index (χ2v) is 5.88. The first kappa shape index (κ1) is 15.6. The first-order chi connectivity index (χ1) is 11.2. The second-order valence-electron chi connectivity index (χ2n) is 5.88. The lowest BCUT2D eigenvalue weighted by Gasteiger charge is -2.31. The Morgan fingerprint density at radius 2 is 2.13 bits per heavy atom. The lowest BCUT2D eigenvalue weighted by Crippen LogP contribution is -2.39. The van der Waals surface area contributed by atoms with Crippen molar-refractivity contribution < 1.29 is 13.6 Å². The molecule has 1 fully saturated rings. The van der Waals surface area contributed by atoms with Crippen LogP contribution in [0.25, 0.3) is 11.5 Å². The quantitative estimate of drug-likeness (QED) is 0.867. The summed E-state index contributed by atoms with van der Waals surface area (Å²) in [6, 6.07) is 5.96. The molecule has 1 aliphatic heterocycles. The molecule has 5 nitrogen and oxygen atoms in total. The van der Waals surface area contributed by atoms with Crippen molar-refractivity contribution in [2.24, 2.45) is 0 Å². The highest BCUT2D eigenvalue weighted by Crippen LogP contribution is 2.28. The first-order valence-corrected chi connectivity index (χ1v) is 8.04. The molecule has 0 bridgehead atoms. The topological polar surface area (TPSA) is 59.2 Å². The predicted molar refractivity (Wildman–Crippen MR) is 83.2 cm³/mol. The molecule has 1 aromatic heterocycles. The number of aromatic nitrogens is 2. The van der Waals surface area contributed by atoms with Gasteiger partial charge in [0.1, 0.15) is 5.82 Å². The van der Waals surface area contributed by atoms with Gasteiger partial charge >= 0.3 is 0 Å². The lowest BCUT2D eigenvalue weighted by atomic mass is 9.97. The van der Waals surface area contributed by atoms with E-state index < -0.39 is 0 Å². The van der Waals surface area contributed by atoms with E-state index in [0.717, 1.165) is 25.8 Å². The van der Waals surface area contributed by atoms with Crippen LogP contribution in [-0.2, 0) is 4.79 Å². The Morgan fingerprint density at radius 3 is 2.87 bits per heavy atom. The largest absolute Gasteiger partial charge is 0.420 e. The number of carbonyl (C=O) groups excluding carboxylic acids is 1. The summed E-state index contributed by atoms with van der Waals surface area (Å²) in [6.07, 6.45) is 3.31. The molecule has 1 unspecified atom stereocenters. The summed E-state index contributed by atoms with van der Waals surface area (Å²) < 4.78 is 18.7. The van der Waals surface area contributed by atoms with Crippen LogP contribution in [0.3, 0.4) is 0 Å². The predicted octanol–water partition coefficient (Wildman–Crippen LogP) is 3.38. The average Bonchev–Trinajstić information content (AvgIpc) is 3.06. The van der Waals surface area contributed by atoms with Gasteiger partial charge in [0.2, 0.25) is 17.7 Å². The number of hydrogen-bond acceptors (Lipinski definition) is 4. The van der Waals surface area contributed by atoms with Crippen molar-refractivity contribution in [3.8, 4) is 11.5 Å². The van der Waals surface area contributed by atoms with Gasteiger partial charge in [-0.3, -0.25) is 4.79 Å². The fourth-order valence-corrected chi connectivity index (χ4v) is 2.89. The summed E-state index contributed by atoms with van der Waals surface area (Å²) in [5.74, 6) is 0.905. The van der Waals surface area contributed by atoms with Crippen LogP contribution in [0, 0.1) is 5.82 Å². The Labute approximate surface area is 134 Å². The van der Waals surface area contributed by atoms with E-state index >= 15 is 0 Å². The lowest BCUT2D eigenvalue weighted by molar-refractivity contribution is -0.132. The molecule has 1 amide bonds.